The molecule has 1 aromatic heterocycles. The van der Waals surface area contributed by atoms with E-state index in [9.17, 15) is 0 Å². The predicted octanol–water partition coefficient (Wildman–Crippen LogP) is 1.49. The maximum absolute atomic E-state index is 7.31. The Morgan fingerprint density at radius 2 is 2.19 bits per heavy atom. The summed E-state index contributed by atoms with van der Waals surface area (Å²) in [4.78, 5) is 8.17. The third-order valence-electron chi connectivity index (χ3n) is 2.04. The van der Waals surface area contributed by atoms with Crippen LogP contribution in [0.4, 0.5) is 0 Å². The van der Waals surface area contributed by atoms with E-state index in [2.05, 4.69) is 23.8 Å². The highest BCUT2D eigenvalue weighted by atomic mass is 16.5. The van der Waals surface area contributed by atoms with Gasteiger partial charge in [-0.1, -0.05) is 13.8 Å². The van der Waals surface area contributed by atoms with Crippen LogP contribution < -0.4 is 10.5 Å². The van der Waals surface area contributed by atoms with Crippen molar-refractivity contribution in [2.24, 2.45) is 11.7 Å². The summed E-state index contributed by atoms with van der Waals surface area (Å²) in [6.07, 6.45) is 0.951. The molecule has 3 N–H and O–H groups in total. The number of ether oxygens (including phenoxy) is 1. The maximum Gasteiger partial charge on any atom is 0.317 e. The van der Waals surface area contributed by atoms with Crippen molar-refractivity contribution in [2.45, 2.75) is 27.2 Å². The summed E-state index contributed by atoms with van der Waals surface area (Å²) < 4.78 is 5.41. The monoisotopic (exact) mass is 222 g/mol. The first-order chi connectivity index (χ1) is 7.49. The van der Waals surface area contributed by atoms with Gasteiger partial charge < -0.3 is 10.5 Å². The number of aryl methyl sites for hydroxylation is 1. The van der Waals surface area contributed by atoms with Crippen molar-refractivity contribution in [1.82, 2.24) is 9.97 Å². The maximum atomic E-state index is 7.31. The van der Waals surface area contributed by atoms with Gasteiger partial charge in [0, 0.05) is 5.69 Å². The molecule has 0 amide bonds. The largest absolute Gasteiger partial charge is 0.463 e. The number of nitrogens with two attached hydrogens (primary N) is 1. The number of hydrogen-bond acceptors (Lipinski definition) is 4. The fraction of sp³-hybridized carbons (Fsp3) is 0.545. The van der Waals surface area contributed by atoms with Crippen LogP contribution in [0.25, 0.3) is 0 Å². The number of nitrogens with zero attached hydrogens (tertiary/aromatic N) is 2. The van der Waals surface area contributed by atoms with Crippen LogP contribution in [0.5, 0.6) is 6.01 Å². The average Bonchev–Trinajstić information content (AvgIpc) is 2.16. The zero-order chi connectivity index (χ0) is 12.1. The summed E-state index contributed by atoms with van der Waals surface area (Å²) >= 11 is 0. The highest BCUT2D eigenvalue weighted by Crippen LogP contribution is 2.08. The molecule has 0 bridgehead atoms. The zero-order valence-corrected chi connectivity index (χ0v) is 9.95. The molecule has 1 aromatic rings. The van der Waals surface area contributed by atoms with Crippen LogP contribution in [-0.2, 0) is 0 Å². The van der Waals surface area contributed by atoms with Crippen LogP contribution in [0, 0.1) is 18.3 Å². The summed E-state index contributed by atoms with van der Waals surface area (Å²) in [6, 6.07) is 1.96. The van der Waals surface area contributed by atoms with Crippen LogP contribution in [0.15, 0.2) is 6.07 Å². The molecular weight excluding hydrogens is 204 g/mol. The van der Waals surface area contributed by atoms with Crippen molar-refractivity contribution in [3.63, 3.8) is 0 Å². The second-order valence-corrected chi connectivity index (χ2v) is 4.12. The lowest BCUT2D eigenvalue weighted by Crippen LogP contribution is -2.15. The molecule has 0 spiro atoms. The van der Waals surface area contributed by atoms with Gasteiger partial charge in [0.1, 0.15) is 11.5 Å². The summed E-state index contributed by atoms with van der Waals surface area (Å²) in [5, 5.41) is 7.31. The smallest absolute Gasteiger partial charge is 0.317 e. The SMILES string of the molecule is Cc1cc(C(=N)N)nc(OCCC(C)C)n1. The van der Waals surface area contributed by atoms with E-state index in [0.29, 0.717) is 24.2 Å². The van der Waals surface area contributed by atoms with Gasteiger partial charge in [0.15, 0.2) is 0 Å². The van der Waals surface area contributed by atoms with Crippen molar-refractivity contribution < 1.29 is 4.74 Å². The van der Waals surface area contributed by atoms with Crippen molar-refractivity contribution in [3.8, 4) is 6.01 Å². The Kier molecular flexibility index (Phi) is 4.22. The standard InChI is InChI=1S/C11H18N4O/c1-7(2)4-5-16-11-14-8(3)6-9(15-11)10(12)13/h6-7H,4-5H2,1-3H3,(H3,12,13). The molecule has 0 aromatic carbocycles. The highest BCUT2D eigenvalue weighted by Gasteiger charge is 2.05. The predicted molar refractivity (Wildman–Crippen MR) is 62.7 cm³/mol. The molecule has 0 saturated heterocycles. The number of hydrogen-bond donors (Lipinski definition) is 2. The van der Waals surface area contributed by atoms with E-state index in [1.54, 1.807) is 6.07 Å². The van der Waals surface area contributed by atoms with Gasteiger partial charge >= 0.3 is 6.01 Å². The van der Waals surface area contributed by atoms with Crippen LogP contribution in [0.3, 0.4) is 0 Å². The molecular formula is C11H18N4O. The highest BCUT2D eigenvalue weighted by molar-refractivity contribution is 5.93. The molecule has 5 heteroatoms. The molecule has 0 saturated carbocycles. The average molecular weight is 222 g/mol. The number of amidine groups is 1. The molecule has 16 heavy (non-hydrogen) atoms. The van der Waals surface area contributed by atoms with Crippen molar-refractivity contribution >= 4 is 5.84 Å². The van der Waals surface area contributed by atoms with Gasteiger partial charge in [0.25, 0.3) is 0 Å². The number of nitrogen functional groups attached to an aromatic ring is 1. The molecule has 0 aliphatic carbocycles. The number of nitrogens with one attached hydrogen (secondary N) is 1. The Labute approximate surface area is 95.6 Å². The molecule has 1 rings (SSSR count). The van der Waals surface area contributed by atoms with E-state index in [1.165, 1.54) is 0 Å². The van der Waals surface area contributed by atoms with Gasteiger partial charge in [0.05, 0.1) is 6.61 Å². The lowest BCUT2D eigenvalue weighted by Gasteiger charge is -2.08. The third-order valence-corrected chi connectivity index (χ3v) is 2.04. The first-order valence-corrected chi connectivity index (χ1v) is 5.32. The van der Waals surface area contributed by atoms with Gasteiger partial charge in [-0.3, -0.25) is 5.41 Å². The van der Waals surface area contributed by atoms with Gasteiger partial charge in [0.2, 0.25) is 0 Å². The van der Waals surface area contributed by atoms with E-state index in [0.717, 1.165) is 12.1 Å². The van der Waals surface area contributed by atoms with Crippen molar-refractivity contribution in [1.29, 1.82) is 5.41 Å². The molecule has 0 aliphatic heterocycles. The molecule has 5 nitrogen and oxygen atoms in total. The molecule has 88 valence electrons. The zero-order valence-electron chi connectivity index (χ0n) is 9.95. The first kappa shape index (κ1) is 12.4. The molecule has 0 atom stereocenters. The van der Waals surface area contributed by atoms with E-state index < -0.39 is 0 Å². The Morgan fingerprint density at radius 3 is 2.75 bits per heavy atom. The Bertz CT molecular complexity index is 376. The summed E-state index contributed by atoms with van der Waals surface area (Å²) in [5.41, 5.74) is 6.52. The molecule has 0 fully saturated rings. The first-order valence-electron chi connectivity index (χ1n) is 5.32. The summed E-state index contributed by atoms with van der Waals surface area (Å²) in [5.74, 6) is 0.510. The van der Waals surface area contributed by atoms with Gasteiger partial charge in [-0.25, -0.2) is 4.98 Å². The minimum Gasteiger partial charge on any atom is -0.463 e. The molecule has 1 heterocycles. The lowest BCUT2D eigenvalue weighted by atomic mass is 10.1. The molecule has 0 aliphatic rings. The van der Waals surface area contributed by atoms with E-state index >= 15 is 0 Å². The fourth-order valence-corrected chi connectivity index (χ4v) is 1.13. The Balaban J connectivity index is 2.69. The molecule has 0 unspecified atom stereocenters. The second-order valence-electron chi connectivity index (χ2n) is 4.12. The second kappa shape index (κ2) is 5.44. The van der Waals surface area contributed by atoms with Crippen LogP contribution in [-0.4, -0.2) is 22.4 Å². The Hall–Kier alpha value is -1.65. The third kappa shape index (κ3) is 3.84. The quantitative estimate of drug-likeness (QED) is 0.584. The van der Waals surface area contributed by atoms with E-state index in [4.69, 9.17) is 15.9 Å². The number of aromatic nitrogens is 2. The van der Waals surface area contributed by atoms with Crippen LogP contribution in [0.1, 0.15) is 31.7 Å². The number of rotatable bonds is 5. The fourth-order valence-electron chi connectivity index (χ4n) is 1.13. The minimum atomic E-state index is -0.0702. The van der Waals surface area contributed by atoms with E-state index in [-0.39, 0.29) is 5.84 Å². The Morgan fingerprint density at radius 1 is 1.50 bits per heavy atom. The summed E-state index contributed by atoms with van der Waals surface area (Å²) in [7, 11) is 0. The topological polar surface area (TPSA) is 84.9 Å². The van der Waals surface area contributed by atoms with Crippen LogP contribution in [0.2, 0.25) is 0 Å². The molecule has 0 radical (unpaired) electrons. The van der Waals surface area contributed by atoms with Gasteiger partial charge in [-0.2, -0.15) is 4.98 Å². The van der Waals surface area contributed by atoms with Gasteiger partial charge in [-0.15, -0.1) is 0 Å². The van der Waals surface area contributed by atoms with Crippen LogP contribution >= 0.6 is 0 Å². The van der Waals surface area contributed by atoms with Crippen molar-refractivity contribution in [3.05, 3.63) is 17.5 Å². The van der Waals surface area contributed by atoms with Crippen molar-refractivity contribution in [2.75, 3.05) is 6.61 Å². The summed E-state index contributed by atoms with van der Waals surface area (Å²) in [6.45, 7) is 6.66. The van der Waals surface area contributed by atoms with E-state index in [1.807, 2.05) is 6.92 Å². The normalized spacial score (nSPS) is 10.5. The minimum absolute atomic E-state index is 0.0702. The lowest BCUT2D eigenvalue weighted by molar-refractivity contribution is 0.267. The van der Waals surface area contributed by atoms with Gasteiger partial charge in [-0.05, 0) is 25.3 Å².